The first kappa shape index (κ1) is 43.0. The van der Waals surface area contributed by atoms with Gasteiger partial charge in [0.25, 0.3) is 11.8 Å². The number of amides is 4. The van der Waals surface area contributed by atoms with Crippen LogP contribution in [0.4, 0.5) is 22.7 Å². The number of carbonyl (C=O) groups excluding carboxylic acids is 4. The van der Waals surface area contributed by atoms with Crippen molar-refractivity contribution in [2.24, 2.45) is 0 Å². The van der Waals surface area contributed by atoms with E-state index >= 15 is 0 Å². The number of carbonyl (C=O) groups is 4. The molecule has 2 saturated carbocycles. The van der Waals surface area contributed by atoms with Gasteiger partial charge in [-0.15, -0.1) is 0 Å². The average molecular weight is 934 g/mol. The number of benzene rings is 6. The van der Waals surface area contributed by atoms with E-state index in [0.29, 0.717) is 34.3 Å². The smallest absolute Gasteiger partial charge is 0.264 e. The zero-order valence-corrected chi connectivity index (χ0v) is 37.3. The number of hydrogen-bond acceptors (Lipinski definition) is 8. The van der Waals surface area contributed by atoms with Crippen molar-refractivity contribution in [3.05, 3.63) is 189 Å². The molecular weight excluding hydrogens is 896 g/mol. The molecule has 2 aliphatic carbocycles. The molecule has 0 bridgehead atoms. The Kier molecular flexibility index (Phi) is 10.6. The lowest BCUT2D eigenvalue weighted by Gasteiger charge is -2.19. The highest BCUT2D eigenvalue weighted by molar-refractivity contribution is 7.89. The van der Waals surface area contributed by atoms with E-state index in [2.05, 4.69) is 0 Å². The Morgan fingerprint density at radius 2 is 0.891 bits per heavy atom. The topological polar surface area (TPSA) is 167 Å². The Balaban J connectivity index is 0.000000162. The maximum Gasteiger partial charge on any atom is 0.264 e. The summed E-state index contributed by atoms with van der Waals surface area (Å²) in [5.74, 6) is -1.52. The van der Waals surface area contributed by atoms with Gasteiger partial charge in [-0.25, -0.2) is 26.3 Å². The van der Waals surface area contributed by atoms with Crippen molar-refractivity contribution in [2.75, 3.05) is 22.3 Å². The van der Waals surface area contributed by atoms with Crippen LogP contribution >= 0.6 is 23.2 Å². The molecule has 6 aromatic carbocycles. The number of rotatable bonds is 8. The largest absolute Gasteiger partial charge is 0.280 e. The van der Waals surface area contributed by atoms with Gasteiger partial charge in [0.05, 0.1) is 34.7 Å². The summed E-state index contributed by atoms with van der Waals surface area (Å²) in [6.07, 6.45) is 3.22. The van der Waals surface area contributed by atoms with Gasteiger partial charge in [0.15, 0.2) is 0 Å². The van der Waals surface area contributed by atoms with E-state index in [1.807, 2.05) is 107 Å². The molecule has 0 aromatic heterocycles. The third-order valence-corrected chi connectivity index (χ3v) is 13.8. The second-order valence-corrected chi connectivity index (χ2v) is 20.8. The molecule has 0 radical (unpaired) electrons. The van der Waals surface area contributed by atoms with Crippen LogP contribution in [0.1, 0.15) is 67.6 Å². The van der Waals surface area contributed by atoms with Crippen LogP contribution in [-0.2, 0) is 40.5 Å². The van der Waals surface area contributed by atoms with Crippen LogP contribution in [-0.4, -0.2) is 53.0 Å². The van der Waals surface area contributed by atoms with Crippen molar-refractivity contribution >= 4 is 89.6 Å². The fraction of sp³-hybridized carbons (Fsp3) is 0.167. The van der Waals surface area contributed by atoms with Gasteiger partial charge >= 0.3 is 0 Å². The van der Waals surface area contributed by atoms with Crippen molar-refractivity contribution in [1.29, 1.82) is 0 Å². The summed E-state index contributed by atoms with van der Waals surface area (Å²) in [5, 5.41) is 1.29. The predicted octanol–water partition coefficient (Wildman–Crippen LogP) is 8.27. The fourth-order valence-electron chi connectivity index (χ4n) is 9.27. The normalized spacial score (nSPS) is 21.5. The number of para-hydroxylation sites is 2. The van der Waals surface area contributed by atoms with Crippen LogP contribution in [0.15, 0.2) is 146 Å². The van der Waals surface area contributed by atoms with Crippen molar-refractivity contribution < 1.29 is 36.0 Å². The van der Waals surface area contributed by atoms with Gasteiger partial charge in [-0.2, -0.15) is 0 Å². The molecule has 4 aliphatic rings. The highest BCUT2D eigenvalue weighted by Crippen LogP contribution is 2.68. The van der Waals surface area contributed by atoms with Crippen molar-refractivity contribution in [3.8, 4) is 0 Å². The molecule has 2 fully saturated rings. The summed E-state index contributed by atoms with van der Waals surface area (Å²) in [6.45, 7) is 0. The fourth-order valence-corrected chi connectivity index (χ4v) is 10.4. The molecule has 2 aliphatic heterocycles. The molecule has 0 saturated heterocycles. The Bertz CT molecular complexity index is 2950. The third-order valence-electron chi connectivity index (χ3n) is 12.2. The minimum atomic E-state index is -3.70. The minimum absolute atomic E-state index is 0.0372. The Hall–Kier alpha value is -6.32. The Labute approximate surface area is 379 Å². The average Bonchev–Trinajstić information content (AvgIpc) is 4.15. The third kappa shape index (κ3) is 7.63. The first-order chi connectivity index (χ1) is 30.4. The van der Waals surface area contributed by atoms with Gasteiger partial charge in [0, 0.05) is 44.4 Å². The quantitative estimate of drug-likeness (QED) is 0.154. The molecule has 324 valence electrons. The van der Waals surface area contributed by atoms with E-state index in [-0.39, 0.29) is 34.8 Å². The SMILES string of the molecule is CS(=O)(=O)NC(=O)c1cccc(N2C(=O)[C@@]3(C[C@@H]3c3ccc(Cl)cc3)c3ccccc32)c1.CS(=O)(=O)NC(=O)c1cccc(N2C(=O)[C@]3(C[C@H]3c3ccc(Cl)cc3)c3ccccc32)c1. The van der Waals surface area contributed by atoms with Crippen LogP contribution in [0.5, 0.6) is 0 Å². The van der Waals surface area contributed by atoms with Gasteiger partial charge in [0.1, 0.15) is 0 Å². The molecule has 4 amide bonds. The Morgan fingerprint density at radius 3 is 1.25 bits per heavy atom. The number of nitrogens with one attached hydrogen (secondary N) is 2. The van der Waals surface area contributed by atoms with Crippen LogP contribution in [0.3, 0.4) is 0 Å². The number of halogens is 2. The molecule has 10 rings (SSSR count). The maximum atomic E-state index is 13.8. The molecule has 2 heterocycles. The van der Waals surface area contributed by atoms with Gasteiger partial charge in [-0.3, -0.25) is 29.0 Å². The first-order valence-electron chi connectivity index (χ1n) is 20.0. The number of fused-ring (bicyclic) bond motifs is 4. The lowest BCUT2D eigenvalue weighted by Crippen LogP contribution is -2.31. The molecule has 4 atom stereocenters. The van der Waals surface area contributed by atoms with Gasteiger partial charge < -0.3 is 0 Å². The van der Waals surface area contributed by atoms with Crippen LogP contribution in [0.25, 0.3) is 0 Å². The van der Waals surface area contributed by atoms with Crippen molar-refractivity contribution in [1.82, 2.24) is 9.44 Å². The van der Waals surface area contributed by atoms with E-state index in [0.717, 1.165) is 46.1 Å². The molecular formula is C48H38Cl2N4O8S2. The number of hydrogen-bond donors (Lipinski definition) is 2. The minimum Gasteiger partial charge on any atom is -0.280 e. The zero-order chi connectivity index (χ0) is 45.3. The summed E-state index contributed by atoms with van der Waals surface area (Å²) in [6, 6.07) is 43.3. The van der Waals surface area contributed by atoms with Gasteiger partial charge in [0.2, 0.25) is 31.9 Å². The molecule has 2 N–H and O–H groups in total. The molecule has 12 nitrogen and oxygen atoms in total. The monoisotopic (exact) mass is 932 g/mol. The second-order valence-electron chi connectivity index (χ2n) is 16.4. The van der Waals surface area contributed by atoms with Crippen molar-refractivity contribution in [2.45, 2.75) is 35.5 Å². The molecule has 0 unspecified atom stereocenters. The van der Waals surface area contributed by atoms with Crippen LogP contribution < -0.4 is 19.2 Å². The predicted molar refractivity (Wildman–Crippen MR) is 246 cm³/mol. The van der Waals surface area contributed by atoms with Crippen LogP contribution in [0.2, 0.25) is 10.0 Å². The Morgan fingerprint density at radius 1 is 0.531 bits per heavy atom. The van der Waals surface area contributed by atoms with E-state index in [4.69, 9.17) is 23.2 Å². The second kappa shape index (κ2) is 15.7. The van der Waals surface area contributed by atoms with Crippen molar-refractivity contribution in [3.63, 3.8) is 0 Å². The summed E-state index contributed by atoms with van der Waals surface area (Å²) >= 11 is 12.1. The lowest BCUT2D eigenvalue weighted by molar-refractivity contribution is -0.120. The first-order valence-corrected chi connectivity index (χ1v) is 24.6. The van der Waals surface area contributed by atoms with E-state index < -0.39 is 42.7 Å². The molecule has 2 spiro atoms. The summed E-state index contributed by atoms with van der Waals surface area (Å²) in [4.78, 5) is 55.6. The van der Waals surface area contributed by atoms with Gasteiger partial charge in [-0.1, -0.05) is 96.0 Å². The lowest BCUT2D eigenvalue weighted by atomic mass is 9.92. The summed E-state index contributed by atoms with van der Waals surface area (Å²) in [5.41, 5.74) is 5.60. The molecule has 64 heavy (non-hydrogen) atoms. The highest BCUT2D eigenvalue weighted by atomic mass is 35.5. The standard InChI is InChI=1S/2C24H19ClN2O4S/c2*1-32(30,31)26-22(28)16-5-4-6-18(13-16)27-21-8-3-2-7-19(21)24(23(27)29)14-20(24)15-9-11-17(25)12-10-15/h2*2-13,20H,14H2,1H3,(H,26,28)/t2*20-,24+/m10/s1. The molecule has 6 aromatic rings. The summed E-state index contributed by atoms with van der Waals surface area (Å²) in [7, 11) is -7.40. The van der Waals surface area contributed by atoms with E-state index in [1.54, 1.807) is 34.1 Å². The number of anilines is 4. The zero-order valence-electron chi connectivity index (χ0n) is 34.2. The van der Waals surface area contributed by atoms with E-state index in [9.17, 15) is 36.0 Å². The maximum absolute atomic E-state index is 13.8. The van der Waals surface area contributed by atoms with Gasteiger partial charge in [-0.05, 0) is 108 Å². The number of sulfonamides is 2. The van der Waals surface area contributed by atoms with Crippen LogP contribution in [0, 0.1) is 0 Å². The molecule has 16 heteroatoms. The highest BCUT2D eigenvalue weighted by Gasteiger charge is 2.68. The van der Waals surface area contributed by atoms with E-state index in [1.165, 1.54) is 24.3 Å². The number of nitrogens with zero attached hydrogens (tertiary/aromatic N) is 2. The summed E-state index contributed by atoms with van der Waals surface area (Å²) < 4.78 is 49.7.